The maximum absolute atomic E-state index is 6.07. The lowest BCUT2D eigenvalue weighted by molar-refractivity contribution is 0.303. The highest BCUT2D eigenvalue weighted by Gasteiger charge is 2.06. The molecule has 2 N–H and O–H groups in total. The van der Waals surface area contributed by atoms with Gasteiger partial charge in [0, 0.05) is 21.6 Å². The molecule has 2 rings (SSSR count). The van der Waals surface area contributed by atoms with Crippen molar-refractivity contribution in [1.29, 1.82) is 0 Å². The standard InChI is InChI=1S/C14H13BrClNO/c15-11-6-4-10(5-7-11)9-18-14-3-1-2-13(16)12(14)8-17/h1-7H,8-9,17H2. The normalized spacial score (nSPS) is 10.4. The van der Waals surface area contributed by atoms with Crippen molar-refractivity contribution < 1.29 is 4.74 Å². The summed E-state index contributed by atoms with van der Waals surface area (Å²) in [4.78, 5) is 0. The molecule has 2 aromatic carbocycles. The summed E-state index contributed by atoms with van der Waals surface area (Å²) in [5.41, 5.74) is 7.61. The molecule has 0 atom stereocenters. The molecule has 2 aromatic rings. The van der Waals surface area contributed by atoms with Crippen molar-refractivity contribution in [3.05, 3.63) is 63.1 Å². The van der Waals surface area contributed by atoms with Gasteiger partial charge in [-0.25, -0.2) is 0 Å². The number of benzene rings is 2. The average molecular weight is 327 g/mol. The van der Waals surface area contributed by atoms with Crippen LogP contribution in [-0.2, 0) is 13.2 Å². The number of nitrogens with two attached hydrogens (primary N) is 1. The third-order valence-corrected chi connectivity index (χ3v) is 3.47. The van der Waals surface area contributed by atoms with E-state index in [4.69, 9.17) is 22.1 Å². The van der Waals surface area contributed by atoms with Gasteiger partial charge in [-0.2, -0.15) is 0 Å². The van der Waals surface area contributed by atoms with Crippen LogP contribution in [0.2, 0.25) is 5.02 Å². The van der Waals surface area contributed by atoms with Crippen LogP contribution in [0.5, 0.6) is 5.75 Å². The molecule has 2 nitrogen and oxygen atoms in total. The zero-order valence-electron chi connectivity index (χ0n) is 9.70. The first-order chi connectivity index (χ1) is 8.70. The summed E-state index contributed by atoms with van der Waals surface area (Å²) in [6.45, 7) is 0.871. The van der Waals surface area contributed by atoms with Gasteiger partial charge < -0.3 is 10.5 Å². The second-order valence-electron chi connectivity index (χ2n) is 3.84. The molecular formula is C14H13BrClNO. The molecule has 0 aliphatic heterocycles. The quantitative estimate of drug-likeness (QED) is 0.916. The van der Waals surface area contributed by atoms with E-state index in [-0.39, 0.29) is 0 Å². The Morgan fingerprint density at radius 1 is 1.11 bits per heavy atom. The monoisotopic (exact) mass is 325 g/mol. The van der Waals surface area contributed by atoms with Crippen LogP contribution in [0, 0.1) is 0 Å². The van der Waals surface area contributed by atoms with E-state index < -0.39 is 0 Å². The van der Waals surface area contributed by atoms with E-state index in [2.05, 4.69) is 15.9 Å². The molecule has 0 fully saturated rings. The van der Waals surface area contributed by atoms with E-state index in [0.717, 1.165) is 21.3 Å². The Balaban J connectivity index is 2.10. The highest BCUT2D eigenvalue weighted by molar-refractivity contribution is 9.10. The van der Waals surface area contributed by atoms with Gasteiger partial charge in [0.15, 0.2) is 0 Å². The van der Waals surface area contributed by atoms with Crippen molar-refractivity contribution in [1.82, 2.24) is 0 Å². The minimum Gasteiger partial charge on any atom is -0.489 e. The Morgan fingerprint density at radius 2 is 1.83 bits per heavy atom. The Hall–Kier alpha value is -1.03. The number of hydrogen-bond acceptors (Lipinski definition) is 2. The zero-order chi connectivity index (χ0) is 13.0. The molecule has 0 saturated carbocycles. The molecule has 0 aliphatic carbocycles. The summed E-state index contributed by atoms with van der Waals surface area (Å²) in [6.07, 6.45) is 0. The van der Waals surface area contributed by atoms with Crippen LogP contribution in [0.4, 0.5) is 0 Å². The van der Waals surface area contributed by atoms with E-state index in [1.165, 1.54) is 0 Å². The number of rotatable bonds is 4. The summed E-state index contributed by atoms with van der Waals surface area (Å²) in [7, 11) is 0. The van der Waals surface area contributed by atoms with E-state index in [0.29, 0.717) is 18.2 Å². The molecule has 0 heterocycles. The van der Waals surface area contributed by atoms with Crippen LogP contribution < -0.4 is 10.5 Å². The summed E-state index contributed by atoms with van der Waals surface area (Å²) < 4.78 is 6.81. The third kappa shape index (κ3) is 3.25. The van der Waals surface area contributed by atoms with E-state index in [1.807, 2.05) is 42.5 Å². The van der Waals surface area contributed by atoms with Crippen LogP contribution in [0.15, 0.2) is 46.9 Å². The first kappa shape index (κ1) is 13.4. The second kappa shape index (κ2) is 6.23. The molecule has 94 valence electrons. The lowest BCUT2D eigenvalue weighted by atomic mass is 10.2. The molecule has 0 radical (unpaired) electrons. The molecule has 0 aliphatic rings. The third-order valence-electron chi connectivity index (χ3n) is 2.59. The summed E-state index contributed by atoms with van der Waals surface area (Å²) in [5.74, 6) is 0.743. The van der Waals surface area contributed by atoms with Crippen LogP contribution in [0.1, 0.15) is 11.1 Å². The maximum atomic E-state index is 6.07. The van der Waals surface area contributed by atoms with Gasteiger partial charge in [-0.15, -0.1) is 0 Å². The van der Waals surface area contributed by atoms with Crippen LogP contribution in [-0.4, -0.2) is 0 Å². The maximum Gasteiger partial charge on any atom is 0.125 e. The van der Waals surface area contributed by atoms with Crippen molar-refractivity contribution in [3.8, 4) is 5.75 Å². The minimum atomic E-state index is 0.370. The van der Waals surface area contributed by atoms with Crippen molar-refractivity contribution in [2.75, 3.05) is 0 Å². The Labute approximate surface area is 120 Å². The average Bonchev–Trinajstić information content (AvgIpc) is 2.38. The topological polar surface area (TPSA) is 35.2 Å². The molecule has 4 heteroatoms. The molecule has 0 spiro atoms. The molecular weight excluding hydrogens is 314 g/mol. The van der Waals surface area contributed by atoms with Gasteiger partial charge in [0.2, 0.25) is 0 Å². The number of hydrogen-bond donors (Lipinski definition) is 1. The van der Waals surface area contributed by atoms with E-state index >= 15 is 0 Å². The van der Waals surface area contributed by atoms with Gasteiger partial charge in [0.1, 0.15) is 12.4 Å². The molecule has 0 aromatic heterocycles. The smallest absolute Gasteiger partial charge is 0.125 e. The molecule has 0 saturated heterocycles. The highest BCUT2D eigenvalue weighted by atomic mass is 79.9. The molecule has 0 bridgehead atoms. The summed E-state index contributed by atoms with van der Waals surface area (Å²) >= 11 is 9.46. The van der Waals surface area contributed by atoms with Crippen LogP contribution in [0.3, 0.4) is 0 Å². The van der Waals surface area contributed by atoms with Gasteiger partial charge in [0.25, 0.3) is 0 Å². The summed E-state index contributed by atoms with van der Waals surface area (Å²) in [5, 5.41) is 0.644. The van der Waals surface area contributed by atoms with Crippen LogP contribution >= 0.6 is 27.5 Å². The first-order valence-corrected chi connectivity index (χ1v) is 6.72. The lowest BCUT2D eigenvalue weighted by Crippen LogP contribution is -2.03. The van der Waals surface area contributed by atoms with Crippen molar-refractivity contribution >= 4 is 27.5 Å². The molecule has 18 heavy (non-hydrogen) atoms. The lowest BCUT2D eigenvalue weighted by Gasteiger charge is -2.11. The van der Waals surface area contributed by atoms with Crippen molar-refractivity contribution in [3.63, 3.8) is 0 Å². The fraction of sp³-hybridized carbons (Fsp3) is 0.143. The van der Waals surface area contributed by atoms with Gasteiger partial charge in [0.05, 0.1) is 0 Å². The Morgan fingerprint density at radius 3 is 2.50 bits per heavy atom. The highest BCUT2D eigenvalue weighted by Crippen LogP contribution is 2.26. The predicted molar refractivity (Wildman–Crippen MR) is 77.8 cm³/mol. The van der Waals surface area contributed by atoms with E-state index in [9.17, 15) is 0 Å². The first-order valence-electron chi connectivity index (χ1n) is 5.55. The van der Waals surface area contributed by atoms with Gasteiger partial charge in [-0.05, 0) is 29.8 Å². The fourth-order valence-electron chi connectivity index (χ4n) is 1.61. The van der Waals surface area contributed by atoms with Crippen molar-refractivity contribution in [2.45, 2.75) is 13.2 Å². The SMILES string of the molecule is NCc1c(Cl)cccc1OCc1ccc(Br)cc1. The van der Waals surface area contributed by atoms with Gasteiger partial charge >= 0.3 is 0 Å². The second-order valence-corrected chi connectivity index (χ2v) is 5.16. The number of halogens is 2. The van der Waals surface area contributed by atoms with Gasteiger partial charge in [-0.3, -0.25) is 0 Å². The predicted octanol–water partition coefficient (Wildman–Crippen LogP) is 4.14. The molecule has 0 unspecified atom stereocenters. The number of ether oxygens (including phenoxy) is 1. The van der Waals surface area contributed by atoms with E-state index in [1.54, 1.807) is 0 Å². The zero-order valence-corrected chi connectivity index (χ0v) is 12.0. The van der Waals surface area contributed by atoms with Gasteiger partial charge in [-0.1, -0.05) is 45.7 Å². The minimum absolute atomic E-state index is 0.370. The largest absolute Gasteiger partial charge is 0.489 e. The summed E-state index contributed by atoms with van der Waals surface area (Å²) in [6, 6.07) is 13.6. The Bertz CT molecular complexity index is 528. The van der Waals surface area contributed by atoms with Crippen molar-refractivity contribution in [2.24, 2.45) is 5.73 Å². The molecule has 0 amide bonds. The Kier molecular flexibility index (Phi) is 4.64. The van der Waals surface area contributed by atoms with Crippen LogP contribution in [0.25, 0.3) is 0 Å². The fourth-order valence-corrected chi connectivity index (χ4v) is 2.12.